The fourth-order valence-corrected chi connectivity index (χ4v) is 4.00. The summed E-state index contributed by atoms with van der Waals surface area (Å²) >= 11 is 0. The molecular weight excluding hydrogens is 539 g/mol. The van der Waals surface area contributed by atoms with Gasteiger partial charge in [0.05, 0.1) is 13.2 Å². The molecule has 34 heavy (non-hydrogen) atoms. The average Bonchev–Trinajstić information content (AvgIpc) is 2.85. The molecule has 0 aliphatic carbocycles. The Bertz CT molecular complexity index is 1100. The second-order valence-electron chi connectivity index (χ2n) is 8.14. The largest absolute Gasteiger partial charge is 0.372 e. The number of carbonyl (C=O) groups excluding carboxylic acids is 1. The third-order valence-corrected chi connectivity index (χ3v) is 5.68. The van der Waals surface area contributed by atoms with Crippen LogP contribution in [-0.4, -0.2) is 25.5 Å². The van der Waals surface area contributed by atoms with Gasteiger partial charge in [-0.05, 0) is 28.3 Å². The maximum absolute atomic E-state index is 12.1. The highest BCUT2D eigenvalue weighted by atomic mass is 127. The van der Waals surface area contributed by atoms with Gasteiger partial charge in [0.1, 0.15) is 0 Å². The SMILES string of the molecule is CN=C(NCc1cccc(COCc2ccccc2)c1)NCC1CC(=O)Nc2ccccc21.I. The van der Waals surface area contributed by atoms with E-state index in [0.29, 0.717) is 38.7 Å². The van der Waals surface area contributed by atoms with Gasteiger partial charge in [0.15, 0.2) is 5.96 Å². The van der Waals surface area contributed by atoms with Crippen LogP contribution in [0.25, 0.3) is 0 Å². The van der Waals surface area contributed by atoms with Crippen molar-refractivity contribution in [1.82, 2.24) is 10.6 Å². The molecule has 0 saturated carbocycles. The number of benzene rings is 3. The van der Waals surface area contributed by atoms with E-state index in [-0.39, 0.29) is 35.8 Å². The Labute approximate surface area is 218 Å². The Morgan fingerprint density at radius 2 is 1.65 bits per heavy atom. The first-order chi connectivity index (χ1) is 16.2. The molecule has 0 spiro atoms. The number of amides is 1. The van der Waals surface area contributed by atoms with Crippen LogP contribution in [0.3, 0.4) is 0 Å². The molecule has 0 saturated heterocycles. The molecule has 3 aromatic carbocycles. The maximum atomic E-state index is 12.1. The average molecular weight is 570 g/mol. The van der Waals surface area contributed by atoms with Gasteiger partial charge in [-0.3, -0.25) is 9.79 Å². The monoisotopic (exact) mass is 570 g/mol. The molecule has 0 aromatic heterocycles. The minimum atomic E-state index is 0. The number of aliphatic imine (C=N–C) groups is 1. The lowest BCUT2D eigenvalue weighted by atomic mass is 9.90. The zero-order valence-electron chi connectivity index (χ0n) is 19.3. The van der Waals surface area contributed by atoms with Gasteiger partial charge in [0.2, 0.25) is 5.91 Å². The summed E-state index contributed by atoms with van der Waals surface area (Å²) in [5, 5.41) is 9.68. The van der Waals surface area contributed by atoms with Gasteiger partial charge in [-0.1, -0.05) is 72.8 Å². The summed E-state index contributed by atoms with van der Waals surface area (Å²) < 4.78 is 5.86. The molecule has 1 aliphatic heterocycles. The van der Waals surface area contributed by atoms with Crippen LogP contribution < -0.4 is 16.0 Å². The molecule has 1 aliphatic rings. The second kappa shape index (κ2) is 13.1. The van der Waals surface area contributed by atoms with Crippen LogP contribution in [0.2, 0.25) is 0 Å². The van der Waals surface area contributed by atoms with Gasteiger partial charge in [0.25, 0.3) is 0 Å². The first-order valence-electron chi connectivity index (χ1n) is 11.2. The number of halogens is 1. The van der Waals surface area contributed by atoms with Crippen molar-refractivity contribution in [2.24, 2.45) is 4.99 Å². The molecular formula is C27H31IN4O2. The van der Waals surface area contributed by atoms with E-state index in [1.165, 1.54) is 5.56 Å². The molecule has 1 heterocycles. The van der Waals surface area contributed by atoms with Crippen LogP contribution in [0.4, 0.5) is 5.69 Å². The predicted octanol–water partition coefficient (Wildman–Crippen LogP) is 4.81. The van der Waals surface area contributed by atoms with E-state index in [1.54, 1.807) is 7.05 Å². The maximum Gasteiger partial charge on any atom is 0.225 e. The molecule has 178 valence electrons. The van der Waals surface area contributed by atoms with E-state index in [2.05, 4.69) is 57.3 Å². The number of fused-ring (bicyclic) bond motifs is 1. The summed E-state index contributed by atoms with van der Waals surface area (Å²) in [7, 11) is 1.75. The number of hydrogen-bond donors (Lipinski definition) is 3. The molecule has 1 unspecified atom stereocenters. The number of rotatable bonds is 8. The smallest absolute Gasteiger partial charge is 0.225 e. The molecule has 0 radical (unpaired) electrons. The highest BCUT2D eigenvalue weighted by molar-refractivity contribution is 14.0. The van der Waals surface area contributed by atoms with Crippen LogP contribution in [0.15, 0.2) is 83.9 Å². The lowest BCUT2D eigenvalue weighted by Crippen LogP contribution is -2.40. The van der Waals surface area contributed by atoms with Crippen LogP contribution >= 0.6 is 24.0 Å². The highest BCUT2D eigenvalue weighted by Crippen LogP contribution is 2.31. The minimum absolute atomic E-state index is 0. The molecule has 3 N–H and O–H groups in total. The Morgan fingerprint density at radius 1 is 0.941 bits per heavy atom. The van der Waals surface area contributed by atoms with Gasteiger partial charge in [-0.25, -0.2) is 0 Å². The summed E-state index contributed by atoms with van der Waals surface area (Å²) in [6.07, 6.45) is 0.464. The Balaban J connectivity index is 0.00000324. The van der Waals surface area contributed by atoms with Gasteiger partial charge in [-0.15, -0.1) is 24.0 Å². The summed E-state index contributed by atoms with van der Waals surface area (Å²) in [6.45, 7) is 2.45. The van der Waals surface area contributed by atoms with Crippen molar-refractivity contribution in [1.29, 1.82) is 0 Å². The predicted molar refractivity (Wildman–Crippen MR) is 147 cm³/mol. The first-order valence-corrected chi connectivity index (χ1v) is 11.2. The summed E-state index contributed by atoms with van der Waals surface area (Å²) in [6, 6.07) is 26.5. The fraction of sp³-hybridized carbons (Fsp3) is 0.259. The topological polar surface area (TPSA) is 74.8 Å². The molecule has 1 atom stereocenters. The quantitative estimate of drug-likeness (QED) is 0.207. The van der Waals surface area contributed by atoms with E-state index < -0.39 is 0 Å². The Morgan fingerprint density at radius 3 is 2.47 bits per heavy atom. The van der Waals surface area contributed by atoms with Crippen molar-refractivity contribution >= 4 is 41.5 Å². The van der Waals surface area contributed by atoms with Crippen LogP contribution in [0, 0.1) is 0 Å². The van der Waals surface area contributed by atoms with Crippen LogP contribution in [0.1, 0.15) is 34.6 Å². The number of ether oxygens (including phenoxy) is 1. The first kappa shape index (κ1) is 25.7. The molecule has 7 heteroatoms. The number of carbonyl (C=O) groups is 1. The van der Waals surface area contributed by atoms with E-state index in [9.17, 15) is 4.79 Å². The van der Waals surface area contributed by atoms with E-state index in [1.807, 2.05) is 42.5 Å². The molecule has 6 nitrogen and oxygen atoms in total. The van der Waals surface area contributed by atoms with Gasteiger partial charge >= 0.3 is 0 Å². The lowest BCUT2D eigenvalue weighted by molar-refractivity contribution is -0.116. The zero-order chi connectivity index (χ0) is 22.9. The molecule has 0 fully saturated rings. The van der Waals surface area contributed by atoms with Gasteiger partial charge < -0.3 is 20.7 Å². The van der Waals surface area contributed by atoms with Crippen molar-refractivity contribution in [3.05, 3.63) is 101 Å². The molecule has 0 bridgehead atoms. The van der Waals surface area contributed by atoms with E-state index >= 15 is 0 Å². The standard InChI is InChI=1S/C27H30N4O2.HI/c1-28-27(30-17-23-15-26(32)31-25-13-6-5-12-24(23)25)29-16-21-10-7-11-22(14-21)19-33-18-20-8-3-2-4-9-20;/h2-14,23H,15-19H2,1H3,(H,31,32)(H2,28,29,30);1H. The van der Waals surface area contributed by atoms with Gasteiger partial charge in [0, 0.05) is 38.2 Å². The highest BCUT2D eigenvalue weighted by Gasteiger charge is 2.24. The summed E-state index contributed by atoms with van der Waals surface area (Å²) in [5.74, 6) is 0.873. The lowest BCUT2D eigenvalue weighted by Gasteiger charge is -2.26. The minimum Gasteiger partial charge on any atom is -0.372 e. The van der Waals surface area contributed by atoms with Crippen LogP contribution in [0.5, 0.6) is 0 Å². The van der Waals surface area contributed by atoms with Crippen molar-refractivity contribution < 1.29 is 9.53 Å². The zero-order valence-corrected chi connectivity index (χ0v) is 21.6. The van der Waals surface area contributed by atoms with Gasteiger partial charge in [-0.2, -0.15) is 0 Å². The van der Waals surface area contributed by atoms with Crippen molar-refractivity contribution in [3.8, 4) is 0 Å². The van der Waals surface area contributed by atoms with Crippen molar-refractivity contribution in [2.45, 2.75) is 32.1 Å². The third kappa shape index (κ3) is 7.30. The third-order valence-electron chi connectivity index (χ3n) is 5.68. The Kier molecular flexibility index (Phi) is 9.90. The number of para-hydroxylation sites is 1. The second-order valence-corrected chi connectivity index (χ2v) is 8.14. The molecule has 4 rings (SSSR count). The molecule has 3 aromatic rings. The number of guanidine groups is 1. The fourth-order valence-electron chi connectivity index (χ4n) is 4.00. The van der Waals surface area contributed by atoms with E-state index in [0.717, 1.165) is 22.4 Å². The van der Waals surface area contributed by atoms with Crippen LogP contribution in [-0.2, 0) is 29.3 Å². The number of hydrogen-bond acceptors (Lipinski definition) is 3. The van der Waals surface area contributed by atoms with E-state index in [4.69, 9.17) is 4.74 Å². The van der Waals surface area contributed by atoms with Crippen molar-refractivity contribution in [2.75, 3.05) is 18.9 Å². The number of nitrogens with one attached hydrogen (secondary N) is 3. The Hall–Kier alpha value is -2.91. The molecule has 1 amide bonds. The number of anilines is 1. The number of nitrogens with zero attached hydrogens (tertiary/aromatic N) is 1. The van der Waals surface area contributed by atoms with Crippen molar-refractivity contribution in [3.63, 3.8) is 0 Å². The normalized spacial score (nSPS) is 15.0. The summed E-state index contributed by atoms with van der Waals surface area (Å²) in [4.78, 5) is 16.4. The summed E-state index contributed by atoms with van der Waals surface area (Å²) in [5.41, 5.74) is 5.51.